The number of nitrogens with two attached hydrogens (primary N) is 1. The summed E-state index contributed by atoms with van der Waals surface area (Å²) in [5.41, 5.74) is 10.6. The second kappa shape index (κ2) is 5.37. The van der Waals surface area contributed by atoms with Crippen molar-refractivity contribution < 1.29 is 0 Å². The summed E-state index contributed by atoms with van der Waals surface area (Å²) in [5, 5.41) is 0. The van der Waals surface area contributed by atoms with Gasteiger partial charge in [0.2, 0.25) is 0 Å². The molecule has 20 heavy (non-hydrogen) atoms. The van der Waals surface area contributed by atoms with Crippen LogP contribution in [0.2, 0.25) is 0 Å². The number of para-hydroxylation sites is 2. The molecule has 0 atom stereocenters. The van der Waals surface area contributed by atoms with E-state index in [1.54, 1.807) is 0 Å². The first kappa shape index (κ1) is 13.3. The van der Waals surface area contributed by atoms with E-state index in [-0.39, 0.29) is 0 Å². The molecule has 1 aliphatic heterocycles. The molecule has 3 rings (SSSR count). The second-order valence-electron chi connectivity index (χ2n) is 5.15. The molecular formula is C16H18BrN3. The molecule has 104 valence electrons. The Morgan fingerprint density at radius 2 is 1.80 bits per heavy atom. The number of benzene rings is 2. The number of nitrogens with zero attached hydrogens (tertiary/aromatic N) is 2. The van der Waals surface area contributed by atoms with Crippen molar-refractivity contribution >= 4 is 33.0 Å². The molecule has 1 heterocycles. The fourth-order valence-corrected chi connectivity index (χ4v) is 3.05. The average Bonchev–Trinajstić information content (AvgIpc) is 2.47. The van der Waals surface area contributed by atoms with Crippen molar-refractivity contribution in [2.75, 3.05) is 35.7 Å². The number of hydrogen-bond donors (Lipinski definition) is 1. The predicted octanol–water partition coefficient (Wildman–Crippen LogP) is 3.49. The maximum absolute atomic E-state index is 5.97. The first-order valence-corrected chi connectivity index (χ1v) is 7.54. The van der Waals surface area contributed by atoms with Crippen LogP contribution in [0.15, 0.2) is 46.9 Å². The Morgan fingerprint density at radius 1 is 1.05 bits per heavy atom. The van der Waals surface area contributed by atoms with Crippen molar-refractivity contribution in [1.82, 2.24) is 0 Å². The molecule has 0 radical (unpaired) electrons. The molecule has 0 saturated heterocycles. The summed E-state index contributed by atoms with van der Waals surface area (Å²) < 4.78 is 1.01. The first-order chi connectivity index (χ1) is 9.66. The fourth-order valence-electron chi connectivity index (χ4n) is 2.66. The molecule has 3 nitrogen and oxygen atoms in total. The number of halogens is 1. The van der Waals surface area contributed by atoms with Crippen LogP contribution >= 0.6 is 15.9 Å². The van der Waals surface area contributed by atoms with E-state index in [4.69, 9.17) is 5.73 Å². The van der Waals surface area contributed by atoms with Gasteiger partial charge in [0.1, 0.15) is 0 Å². The lowest BCUT2D eigenvalue weighted by molar-refractivity contribution is 0.734. The molecule has 2 N–H and O–H groups in total. The molecule has 0 aliphatic carbocycles. The summed E-state index contributed by atoms with van der Waals surface area (Å²) in [7, 11) is 2.15. The van der Waals surface area contributed by atoms with Crippen molar-refractivity contribution in [3.63, 3.8) is 0 Å². The van der Waals surface area contributed by atoms with Crippen LogP contribution in [-0.2, 0) is 6.54 Å². The Balaban J connectivity index is 1.93. The van der Waals surface area contributed by atoms with Gasteiger partial charge in [0.15, 0.2) is 0 Å². The minimum atomic E-state index is 0.796. The Kier molecular flexibility index (Phi) is 3.57. The highest BCUT2D eigenvalue weighted by Gasteiger charge is 2.20. The monoisotopic (exact) mass is 331 g/mol. The molecule has 0 unspecified atom stereocenters. The topological polar surface area (TPSA) is 32.5 Å². The minimum Gasteiger partial charge on any atom is -0.398 e. The van der Waals surface area contributed by atoms with Gasteiger partial charge in [0.05, 0.1) is 11.4 Å². The van der Waals surface area contributed by atoms with Crippen LogP contribution in [0.3, 0.4) is 0 Å². The smallest absolute Gasteiger partial charge is 0.0607 e. The highest BCUT2D eigenvalue weighted by molar-refractivity contribution is 9.10. The van der Waals surface area contributed by atoms with Crippen molar-refractivity contribution in [2.45, 2.75) is 6.54 Å². The number of fused-ring (bicyclic) bond motifs is 1. The van der Waals surface area contributed by atoms with E-state index in [0.29, 0.717) is 0 Å². The third-order valence-corrected chi connectivity index (χ3v) is 4.78. The second-order valence-corrected chi connectivity index (χ2v) is 5.95. The van der Waals surface area contributed by atoms with Gasteiger partial charge in [-0.05, 0) is 39.7 Å². The zero-order valence-corrected chi connectivity index (χ0v) is 13.1. The van der Waals surface area contributed by atoms with Crippen LogP contribution in [0.1, 0.15) is 5.56 Å². The summed E-state index contributed by atoms with van der Waals surface area (Å²) >= 11 is 3.60. The standard InChI is InChI=1S/C16H18BrN3/c1-19-9-10-20(15-8-3-2-7-14(15)19)11-12-5-4-6-13(18)16(12)17/h2-8H,9-11,18H2,1H3. The molecule has 0 spiro atoms. The van der Waals surface area contributed by atoms with E-state index in [1.165, 1.54) is 16.9 Å². The van der Waals surface area contributed by atoms with Crippen LogP contribution in [-0.4, -0.2) is 20.1 Å². The van der Waals surface area contributed by atoms with Gasteiger partial charge in [-0.1, -0.05) is 24.3 Å². The van der Waals surface area contributed by atoms with E-state index in [1.807, 2.05) is 12.1 Å². The van der Waals surface area contributed by atoms with E-state index >= 15 is 0 Å². The van der Waals surface area contributed by atoms with Gasteiger partial charge in [0.25, 0.3) is 0 Å². The van der Waals surface area contributed by atoms with Crippen LogP contribution < -0.4 is 15.5 Å². The van der Waals surface area contributed by atoms with E-state index in [9.17, 15) is 0 Å². The normalized spacial score (nSPS) is 14.3. The Bertz CT molecular complexity index is 627. The third kappa shape index (κ3) is 2.36. The summed E-state index contributed by atoms with van der Waals surface area (Å²) in [4.78, 5) is 4.72. The van der Waals surface area contributed by atoms with Gasteiger partial charge in [-0.15, -0.1) is 0 Å². The number of nitrogen functional groups attached to an aromatic ring is 1. The fraction of sp³-hybridized carbons (Fsp3) is 0.250. The lowest BCUT2D eigenvalue weighted by Crippen LogP contribution is -2.38. The Morgan fingerprint density at radius 3 is 2.60 bits per heavy atom. The maximum atomic E-state index is 5.97. The summed E-state index contributed by atoms with van der Waals surface area (Å²) in [6.07, 6.45) is 0. The molecule has 0 fully saturated rings. The highest BCUT2D eigenvalue weighted by Crippen LogP contribution is 2.34. The van der Waals surface area contributed by atoms with Crippen LogP contribution in [0.25, 0.3) is 0 Å². The van der Waals surface area contributed by atoms with E-state index in [0.717, 1.165) is 29.8 Å². The Hall–Kier alpha value is -1.68. The van der Waals surface area contributed by atoms with Gasteiger partial charge >= 0.3 is 0 Å². The van der Waals surface area contributed by atoms with Gasteiger partial charge in [-0.2, -0.15) is 0 Å². The lowest BCUT2D eigenvalue weighted by Gasteiger charge is -2.37. The molecule has 2 aromatic rings. The predicted molar refractivity (Wildman–Crippen MR) is 89.3 cm³/mol. The highest BCUT2D eigenvalue weighted by atomic mass is 79.9. The number of likely N-dealkylation sites (N-methyl/N-ethyl adjacent to an activating group) is 1. The molecular weight excluding hydrogens is 314 g/mol. The van der Waals surface area contributed by atoms with Crippen molar-refractivity contribution in [3.8, 4) is 0 Å². The number of anilines is 3. The molecule has 4 heteroatoms. The molecule has 1 aliphatic rings. The van der Waals surface area contributed by atoms with E-state index < -0.39 is 0 Å². The lowest BCUT2D eigenvalue weighted by atomic mass is 10.1. The van der Waals surface area contributed by atoms with Crippen molar-refractivity contribution in [1.29, 1.82) is 0 Å². The molecule has 0 amide bonds. The van der Waals surface area contributed by atoms with Crippen LogP contribution in [0, 0.1) is 0 Å². The van der Waals surface area contributed by atoms with Crippen molar-refractivity contribution in [3.05, 3.63) is 52.5 Å². The van der Waals surface area contributed by atoms with Crippen LogP contribution in [0.5, 0.6) is 0 Å². The number of rotatable bonds is 2. The maximum Gasteiger partial charge on any atom is 0.0607 e. The molecule has 2 aromatic carbocycles. The largest absolute Gasteiger partial charge is 0.398 e. The SMILES string of the molecule is CN1CCN(Cc2cccc(N)c2Br)c2ccccc21. The van der Waals surface area contributed by atoms with Gasteiger partial charge < -0.3 is 15.5 Å². The zero-order chi connectivity index (χ0) is 14.1. The van der Waals surface area contributed by atoms with Gasteiger partial charge in [-0.3, -0.25) is 0 Å². The zero-order valence-electron chi connectivity index (χ0n) is 11.5. The summed E-state index contributed by atoms with van der Waals surface area (Å²) in [6.45, 7) is 2.93. The summed E-state index contributed by atoms with van der Waals surface area (Å²) in [6, 6.07) is 14.6. The Labute approximate surface area is 128 Å². The molecule has 0 bridgehead atoms. The number of hydrogen-bond acceptors (Lipinski definition) is 3. The summed E-state index contributed by atoms with van der Waals surface area (Å²) in [5.74, 6) is 0. The first-order valence-electron chi connectivity index (χ1n) is 6.75. The van der Waals surface area contributed by atoms with Gasteiger partial charge in [0, 0.05) is 36.8 Å². The van der Waals surface area contributed by atoms with Crippen LogP contribution in [0.4, 0.5) is 17.1 Å². The average molecular weight is 332 g/mol. The molecule has 0 saturated carbocycles. The molecule has 0 aromatic heterocycles. The quantitative estimate of drug-likeness (QED) is 0.855. The minimum absolute atomic E-state index is 0.796. The van der Waals surface area contributed by atoms with Crippen molar-refractivity contribution in [2.24, 2.45) is 0 Å². The van der Waals surface area contributed by atoms with E-state index in [2.05, 4.69) is 63.1 Å². The third-order valence-electron chi connectivity index (χ3n) is 3.81. The van der Waals surface area contributed by atoms with Gasteiger partial charge in [-0.25, -0.2) is 0 Å².